The first kappa shape index (κ1) is 14.3. The summed E-state index contributed by atoms with van der Waals surface area (Å²) in [4.78, 5) is 4.12. The van der Waals surface area contributed by atoms with Gasteiger partial charge in [0.2, 0.25) is 0 Å². The van der Waals surface area contributed by atoms with E-state index < -0.39 is 23.1 Å². The van der Waals surface area contributed by atoms with Gasteiger partial charge in [0.15, 0.2) is 11.6 Å². The number of aromatic nitrogens is 1. The second-order valence-corrected chi connectivity index (χ2v) is 4.52. The number of hydrogen-bond acceptors (Lipinski definition) is 3. The van der Waals surface area contributed by atoms with Gasteiger partial charge in [0, 0.05) is 17.8 Å². The van der Waals surface area contributed by atoms with E-state index in [1.54, 1.807) is 19.1 Å². The van der Waals surface area contributed by atoms with E-state index in [4.69, 9.17) is 18.0 Å². The fraction of sp³-hybridized carbons (Fsp3) is 0.0769. The third-order valence-corrected chi connectivity index (χ3v) is 2.77. The average molecular weight is 297 g/mol. The molecule has 0 saturated heterocycles. The summed E-state index contributed by atoms with van der Waals surface area (Å²) in [5, 5.41) is 2.46. The summed E-state index contributed by atoms with van der Waals surface area (Å²) in [7, 11) is 0. The first-order valence-electron chi connectivity index (χ1n) is 5.57. The smallest absolute Gasteiger partial charge is 0.152 e. The quantitative estimate of drug-likeness (QED) is 0.854. The van der Waals surface area contributed by atoms with E-state index in [2.05, 4.69) is 10.3 Å². The molecule has 0 radical (unpaired) electrons. The highest BCUT2D eigenvalue weighted by Crippen LogP contribution is 2.25. The van der Waals surface area contributed by atoms with Gasteiger partial charge in [-0.15, -0.1) is 0 Å². The van der Waals surface area contributed by atoms with Crippen LogP contribution in [0.5, 0.6) is 0 Å². The lowest BCUT2D eigenvalue weighted by molar-refractivity contribution is 0.548. The van der Waals surface area contributed by atoms with Gasteiger partial charge in [0.25, 0.3) is 0 Å². The van der Waals surface area contributed by atoms with Crippen molar-refractivity contribution in [2.45, 2.75) is 6.92 Å². The molecule has 3 N–H and O–H groups in total. The van der Waals surface area contributed by atoms with Crippen molar-refractivity contribution in [3.05, 3.63) is 53.0 Å². The number of halogens is 3. The van der Waals surface area contributed by atoms with Crippen LogP contribution < -0.4 is 11.1 Å². The van der Waals surface area contributed by atoms with Crippen molar-refractivity contribution in [2.24, 2.45) is 5.73 Å². The van der Waals surface area contributed by atoms with Crippen molar-refractivity contribution in [1.29, 1.82) is 0 Å². The van der Waals surface area contributed by atoms with Crippen LogP contribution in [0.15, 0.2) is 24.3 Å². The normalized spacial score (nSPS) is 10.4. The molecule has 0 aliphatic rings. The van der Waals surface area contributed by atoms with Gasteiger partial charge in [0.05, 0.1) is 5.56 Å². The van der Waals surface area contributed by atoms with Crippen molar-refractivity contribution >= 4 is 28.7 Å². The zero-order chi connectivity index (χ0) is 14.9. The third-order valence-electron chi connectivity index (χ3n) is 2.55. The summed E-state index contributed by atoms with van der Waals surface area (Å²) < 4.78 is 40.0. The second-order valence-electron chi connectivity index (χ2n) is 4.08. The van der Waals surface area contributed by atoms with E-state index in [1.807, 2.05) is 0 Å². The molecule has 1 aromatic carbocycles. The maximum absolute atomic E-state index is 13.6. The lowest BCUT2D eigenvalue weighted by Crippen LogP contribution is -2.14. The van der Waals surface area contributed by atoms with Crippen molar-refractivity contribution < 1.29 is 13.2 Å². The van der Waals surface area contributed by atoms with Gasteiger partial charge < -0.3 is 11.1 Å². The highest BCUT2D eigenvalue weighted by Gasteiger charge is 2.15. The van der Waals surface area contributed by atoms with E-state index in [0.717, 1.165) is 0 Å². The molecule has 0 bridgehead atoms. The SMILES string of the molecule is Cc1ccc(C(N)=S)c(Nc2c(F)cc(F)cc2F)n1. The number of thiocarbonyl (C=S) groups is 1. The molecule has 0 fully saturated rings. The molecule has 0 saturated carbocycles. The zero-order valence-corrected chi connectivity index (χ0v) is 11.2. The van der Waals surface area contributed by atoms with Crippen LogP contribution in [0.3, 0.4) is 0 Å². The monoisotopic (exact) mass is 297 g/mol. The van der Waals surface area contributed by atoms with Gasteiger partial charge in [-0.3, -0.25) is 0 Å². The highest BCUT2D eigenvalue weighted by atomic mass is 32.1. The van der Waals surface area contributed by atoms with Crippen LogP contribution in [0.25, 0.3) is 0 Å². The summed E-state index contributed by atoms with van der Waals surface area (Å²) in [6, 6.07) is 4.40. The number of benzene rings is 1. The number of nitrogens with two attached hydrogens (primary N) is 1. The summed E-state index contributed by atoms with van der Waals surface area (Å²) in [6.45, 7) is 1.70. The van der Waals surface area contributed by atoms with Crippen LogP contribution in [-0.2, 0) is 0 Å². The van der Waals surface area contributed by atoms with Crippen molar-refractivity contribution in [1.82, 2.24) is 4.98 Å². The molecule has 2 aromatic rings. The molecular formula is C13H10F3N3S. The Hall–Kier alpha value is -2.15. The lowest BCUT2D eigenvalue weighted by atomic mass is 10.2. The summed E-state index contributed by atoms with van der Waals surface area (Å²) in [5.41, 5.74) is 5.96. The molecule has 0 spiro atoms. The Bertz CT molecular complexity index is 666. The average Bonchev–Trinajstić information content (AvgIpc) is 2.33. The number of anilines is 2. The van der Waals surface area contributed by atoms with Crippen LogP contribution in [0.4, 0.5) is 24.7 Å². The summed E-state index contributed by atoms with van der Waals surface area (Å²) in [6.07, 6.45) is 0. The predicted molar refractivity (Wildman–Crippen MR) is 74.5 cm³/mol. The van der Waals surface area contributed by atoms with Crippen molar-refractivity contribution in [2.75, 3.05) is 5.32 Å². The highest BCUT2D eigenvalue weighted by molar-refractivity contribution is 7.80. The van der Waals surface area contributed by atoms with Crippen LogP contribution in [0.2, 0.25) is 0 Å². The zero-order valence-electron chi connectivity index (χ0n) is 10.4. The Labute approximate surface area is 118 Å². The summed E-state index contributed by atoms with van der Waals surface area (Å²) in [5.74, 6) is -3.03. The van der Waals surface area contributed by atoms with Gasteiger partial charge in [-0.2, -0.15) is 0 Å². The van der Waals surface area contributed by atoms with Gasteiger partial charge >= 0.3 is 0 Å². The van der Waals surface area contributed by atoms with E-state index >= 15 is 0 Å². The number of rotatable bonds is 3. The van der Waals surface area contributed by atoms with Crippen LogP contribution in [0.1, 0.15) is 11.3 Å². The van der Waals surface area contributed by atoms with Crippen molar-refractivity contribution in [3.63, 3.8) is 0 Å². The van der Waals surface area contributed by atoms with Crippen molar-refractivity contribution in [3.8, 4) is 0 Å². The predicted octanol–water partition coefficient (Wildman–Crippen LogP) is 3.19. The molecule has 1 heterocycles. The number of aryl methyl sites for hydroxylation is 1. The first-order valence-corrected chi connectivity index (χ1v) is 5.98. The van der Waals surface area contributed by atoms with Crippen LogP contribution >= 0.6 is 12.2 Å². The van der Waals surface area contributed by atoms with E-state index in [9.17, 15) is 13.2 Å². The maximum atomic E-state index is 13.6. The molecule has 0 atom stereocenters. The Morgan fingerprint density at radius 3 is 2.35 bits per heavy atom. The van der Waals surface area contributed by atoms with E-state index in [1.165, 1.54) is 0 Å². The second kappa shape index (κ2) is 5.46. The molecular weight excluding hydrogens is 287 g/mol. The Balaban J connectivity index is 2.50. The van der Waals surface area contributed by atoms with Gasteiger partial charge in [-0.05, 0) is 19.1 Å². The fourth-order valence-corrected chi connectivity index (χ4v) is 1.80. The van der Waals surface area contributed by atoms with E-state index in [-0.39, 0.29) is 10.8 Å². The third kappa shape index (κ3) is 2.88. The van der Waals surface area contributed by atoms with Crippen LogP contribution in [0, 0.1) is 24.4 Å². The molecule has 104 valence electrons. The molecule has 0 aliphatic heterocycles. The molecule has 1 aromatic heterocycles. The number of nitrogens with one attached hydrogen (secondary N) is 1. The van der Waals surface area contributed by atoms with Gasteiger partial charge in [0.1, 0.15) is 22.3 Å². The van der Waals surface area contributed by atoms with Gasteiger partial charge in [-0.1, -0.05) is 12.2 Å². The minimum atomic E-state index is -1.07. The van der Waals surface area contributed by atoms with Gasteiger partial charge in [-0.25, -0.2) is 18.2 Å². The molecule has 0 amide bonds. The first-order chi connectivity index (χ1) is 9.38. The minimum absolute atomic E-state index is 0.0305. The molecule has 3 nitrogen and oxygen atoms in total. The largest absolute Gasteiger partial charge is 0.389 e. The molecule has 7 heteroatoms. The number of nitrogens with zero attached hydrogens (tertiary/aromatic N) is 1. The maximum Gasteiger partial charge on any atom is 0.152 e. The molecule has 0 aliphatic carbocycles. The summed E-state index contributed by atoms with van der Waals surface area (Å²) >= 11 is 4.85. The fourth-order valence-electron chi connectivity index (χ4n) is 1.63. The lowest BCUT2D eigenvalue weighted by Gasteiger charge is -2.12. The standard InChI is InChI=1S/C13H10F3N3S/c1-6-2-3-8(12(17)20)13(18-6)19-11-9(15)4-7(14)5-10(11)16/h2-5H,1H3,(H2,17,20)(H,18,19). The van der Waals surface area contributed by atoms with Crippen LogP contribution in [-0.4, -0.2) is 9.97 Å². The Morgan fingerprint density at radius 1 is 1.20 bits per heavy atom. The Kier molecular flexibility index (Phi) is 3.89. The molecule has 2 rings (SSSR count). The van der Waals surface area contributed by atoms with E-state index in [0.29, 0.717) is 23.4 Å². The molecule has 0 unspecified atom stereocenters. The minimum Gasteiger partial charge on any atom is -0.389 e. The topological polar surface area (TPSA) is 50.9 Å². The number of pyridine rings is 1. The number of hydrogen-bond donors (Lipinski definition) is 2. The molecule has 20 heavy (non-hydrogen) atoms. The Morgan fingerprint density at radius 2 is 1.80 bits per heavy atom.